The highest BCUT2D eigenvalue weighted by molar-refractivity contribution is 7.26. The zero-order valence-corrected chi connectivity index (χ0v) is 26.0. The molecule has 0 amide bonds. The number of nitrogens with zero attached hydrogens (tertiary/aromatic N) is 3. The van der Waals surface area contributed by atoms with Gasteiger partial charge >= 0.3 is 0 Å². The van der Waals surface area contributed by atoms with Gasteiger partial charge in [0.1, 0.15) is 0 Å². The zero-order chi connectivity index (χ0) is 30.9. The minimum absolute atomic E-state index is 0.910. The van der Waals surface area contributed by atoms with E-state index in [2.05, 4.69) is 132 Å². The Morgan fingerprint density at radius 2 is 1.09 bits per heavy atom. The van der Waals surface area contributed by atoms with E-state index in [1.807, 2.05) is 36.0 Å². The first kappa shape index (κ1) is 26.3. The van der Waals surface area contributed by atoms with Gasteiger partial charge in [-0.05, 0) is 50.9 Å². The third-order valence-electron chi connectivity index (χ3n) is 9.38. The summed E-state index contributed by atoms with van der Waals surface area (Å²) in [5, 5.41) is 9.56. The van der Waals surface area contributed by atoms with Crippen LogP contribution in [0, 0.1) is 0 Å². The van der Waals surface area contributed by atoms with Crippen molar-refractivity contribution in [3.05, 3.63) is 152 Å². The molecule has 4 heteroatoms. The summed E-state index contributed by atoms with van der Waals surface area (Å²) in [6.45, 7) is 0. The van der Waals surface area contributed by atoms with Gasteiger partial charge in [-0.2, -0.15) is 0 Å². The van der Waals surface area contributed by atoms with Crippen LogP contribution in [0.15, 0.2) is 152 Å². The Bertz CT molecular complexity index is 2780. The Morgan fingerprint density at radius 3 is 1.81 bits per heavy atom. The lowest BCUT2D eigenvalue weighted by molar-refractivity contribution is 1.33. The van der Waals surface area contributed by atoms with Crippen LogP contribution in [0.25, 0.3) is 97.0 Å². The molecule has 10 aromatic rings. The van der Waals surface area contributed by atoms with Gasteiger partial charge in [0.2, 0.25) is 0 Å². The van der Waals surface area contributed by atoms with Gasteiger partial charge in [0.05, 0.1) is 16.7 Å². The Labute approximate surface area is 274 Å². The van der Waals surface area contributed by atoms with Crippen molar-refractivity contribution < 1.29 is 0 Å². The van der Waals surface area contributed by atoms with Gasteiger partial charge in [-0.3, -0.25) is 9.97 Å². The molecular weight excluding hydrogens is 591 g/mol. The second kappa shape index (κ2) is 10.3. The van der Waals surface area contributed by atoms with Crippen LogP contribution in [-0.2, 0) is 0 Å². The summed E-state index contributed by atoms with van der Waals surface area (Å²) in [5.74, 6) is 0. The monoisotopic (exact) mass is 615 g/mol. The fourth-order valence-electron chi connectivity index (χ4n) is 7.40. The lowest BCUT2D eigenvalue weighted by Crippen LogP contribution is -1.96. The molecule has 0 saturated heterocycles. The molecule has 3 nitrogen and oxygen atoms in total. The normalized spacial score (nSPS) is 11.8. The topological polar surface area (TPSA) is 38.7 Å². The fraction of sp³-hybridized carbons (Fsp3) is 0. The summed E-state index contributed by atoms with van der Waals surface area (Å²) in [4.78, 5) is 15.1. The summed E-state index contributed by atoms with van der Waals surface area (Å²) >= 11 is 1.84. The Hall–Kier alpha value is -5.97. The SMILES string of the molecule is c1ccc(-c2nc3c(-c4c5ccccc5c(-c5cccnc5)c5ccccc45)ccnc3c3c2ccc2c4ccccc4sc23)cc1. The van der Waals surface area contributed by atoms with Crippen LogP contribution >= 0.6 is 11.3 Å². The molecule has 0 N–H and O–H groups in total. The largest absolute Gasteiger partial charge is 0.264 e. The van der Waals surface area contributed by atoms with Gasteiger partial charge in [-0.25, -0.2) is 4.98 Å². The molecule has 0 fully saturated rings. The van der Waals surface area contributed by atoms with Gasteiger partial charge in [0.25, 0.3) is 0 Å². The van der Waals surface area contributed by atoms with Crippen LogP contribution in [0.1, 0.15) is 0 Å². The number of rotatable bonds is 3. The van der Waals surface area contributed by atoms with Gasteiger partial charge < -0.3 is 0 Å². The maximum Gasteiger partial charge on any atom is 0.0986 e. The minimum Gasteiger partial charge on any atom is -0.264 e. The van der Waals surface area contributed by atoms with Gasteiger partial charge in [-0.1, -0.05) is 115 Å². The van der Waals surface area contributed by atoms with Gasteiger partial charge in [0.15, 0.2) is 0 Å². The van der Waals surface area contributed by atoms with Crippen molar-refractivity contribution in [2.75, 3.05) is 0 Å². The summed E-state index contributed by atoms with van der Waals surface area (Å²) < 4.78 is 2.53. The number of hydrogen-bond acceptors (Lipinski definition) is 4. The highest BCUT2D eigenvalue weighted by atomic mass is 32.1. The molecule has 47 heavy (non-hydrogen) atoms. The van der Waals surface area contributed by atoms with Crippen molar-refractivity contribution in [2.45, 2.75) is 0 Å². The molecule has 0 atom stereocenters. The average Bonchev–Trinajstić information content (AvgIpc) is 3.53. The molecule has 0 unspecified atom stereocenters. The predicted octanol–water partition coefficient (Wildman–Crippen LogP) is 11.9. The first-order valence-corrected chi connectivity index (χ1v) is 16.6. The van der Waals surface area contributed by atoms with Crippen molar-refractivity contribution in [1.29, 1.82) is 0 Å². The third kappa shape index (κ3) is 3.89. The number of aromatic nitrogens is 3. The highest BCUT2D eigenvalue weighted by Crippen LogP contribution is 2.47. The Kier molecular flexibility index (Phi) is 5.74. The molecule has 0 saturated carbocycles. The van der Waals surface area contributed by atoms with Crippen LogP contribution in [0.4, 0.5) is 0 Å². The second-order valence-corrected chi connectivity index (χ2v) is 13.0. The standard InChI is InChI=1S/C43H25N3S/c1-2-11-26(12-3-1)40-34-21-20-33-28-14-8-9-19-36(28)47-43(33)39(34)42-41(46-40)35(22-24-45-42)38-31-17-6-4-15-29(31)37(27-13-10-23-44-25-27)30-16-5-7-18-32(30)38/h1-25H. The zero-order valence-electron chi connectivity index (χ0n) is 25.2. The molecule has 218 valence electrons. The average molecular weight is 616 g/mol. The van der Waals surface area contributed by atoms with Crippen LogP contribution in [0.2, 0.25) is 0 Å². The summed E-state index contributed by atoms with van der Waals surface area (Å²) in [6.07, 6.45) is 5.76. The first-order chi connectivity index (χ1) is 23.3. The number of thiophene rings is 1. The van der Waals surface area contributed by atoms with Crippen LogP contribution < -0.4 is 0 Å². The fourth-order valence-corrected chi connectivity index (χ4v) is 8.65. The van der Waals surface area contributed by atoms with E-state index >= 15 is 0 Å². The smallest absolute Gasteiger partial charge is 0.0986 e. The van der Waals surface area contributed by atoms with Crippen molar-refractivity contribution in [3.8, 4) is 33.5 Å². The summed E-state index contributed by atoms with van der Waals surface area (Å²) in [7, 11) is 0. The Morgan fingerprint density at radius 1 is 0.447 bits per heavy atom. The number of pyridine rings is 3. The lowest BCUT2D eigenvalue weighted by Gasteiger charge is -2.19. The number of benzene rings is 6. The van der Waals surface area contributed by atoms with E-state index in [1.54, 1.807) is 0 Å². The lowest BCUT2D eigenvalue weighted by atomic mass is 9.86. The highest BCUT2D eigenvalue weighted by Gasteiger charge is 2.22. The van der Waals surface area contributed by atoms with E-state index in [4.69, 9.17) is 9.97 Å². The molecule has 0 bridgehead atoms. The van der Waals surface area contributed by atoms with Crippen molar-refractivity contribution in [3.63, 3.8) is 0 Å². The van der Waals surface area contributed by atoms with E-state index < -0.39 is 0 Å². The van der Waals surface area contributed by atoms with Crippen molar-refractivity contribution in [2.24, 2.45) is 0 Å². The number of fused-ring (bicyclic) bond motifs is 9. The minimum atomic E-state index is 0.910. The van der Waals surface area contributed by atoms with E-state index in [1.165, 1.54) is 52.8 Å². The number of hydrogen-bond donors (Lipinski definition) is 0. The molecule has 0 aliphatic carbocycles. The molecule has 0 aliphatic rings. The van der Waals surface area contributed by atoms with Crippen LogP contribution in [-0.4, -0.2) is 15.0 Å². The molecular formula is C43H25N3S. The Balaban J connectivity index is 1.41. The predicted molar refractivity (Wildman–Crippen MR) is 199 cm³/mol. The van der Waals surface area contributed by atoms with Crippen molar-refractivity contribution >= 4 is 74.9 Å². The third-order valence-corrected chi connectivity index (χ3v) is 10.6. The molecule has 0 radical (unpaired) electrons. The van der Waals surface area contributed by atoms with E-state index in [-0.39, 0.29) is 0 Å². The maximum atomic E-state index is 5.54. The molecule has 0 aliphatic heterocycles. The molecule has 4 aromatic heterocycles. The first-order valence-electron chi connectivity index (χ1n) is 15.8. The van der Waals surface area contributed by atoms with Crippen LogP contribution in [0.5, 0.6) is 0 Å². The molecule has 4 heterocycles. The van der Waals surface area contributed by atoms with E-state index in [9.17, 15) is 0 Å². The van der Waals surface area contributed by atoms with Crippen molar-refractivity contribution in [1.82, 2.24) is 15.0 Å². The van der Waals surface area contributed by atoms with E-state index in [0.717, 1.165) is 44.2 Å². The van der Waals surface area contributed by atoms with E-state index in [0.29, 0.717) is 0 Å². The molecule has 0 spiro atoms. The van der Waals surface area contributed by atoms with Crippen LogP contribution in [0.3, 0.4) is 0 Å². The van der Waals surface area contributed by atoms with Gasteiger partial charge in [-0.15, -0.1) is 11.3 Å². The maximum absolute atomic E-state index is 5.54. The summed E-state index contributed by atoms with van der Waals surface area (Å²) in [5.41, 5.74) is 8.46. The summed E-state index contributed by atoms with van der Waals surface area (Å²) in [6, 6.07) is 47.5. The molecule has 6 aromatic carbocycles. The quantitative estimate of drug-likeness (QED) is 0.147. The molecule has 10 rings (SSSR count). The second-order valence-electron chi connectivity index (χ2n) is 11.9. The van der Waals surface area contributed by atoms with Gasteiger partial charge in [0, 0.05) is 66.2 Å².